The Kier molecular flexibility index (Phi) is 5.54. The first kappa shape index (κ1) is 20.5. The second-order valence-corrected chi connectivity index (χ2v) is 8.80. The molecule has 0 spiro atoms. The number of likely N-dealkylation sites (tertiary alicyclic amines) is 1. The Labute approximate surface area is 176 Å². The second kappa shape index (κ2) is 8.13. The van der Waals surface area contributed by atoms with Crippen LogP contribution in [0.1, 0.15) is 40.9 Å². The zero-order valence-electron chi connectivity index (χ0n) is 16.6. The van der Waals surface area contributed by atoms with Crippen molar-refractivity contribution >= 4 is 28.4 Å². The molecule has 1 aromatic carbocycles. The number of aryl methyl sites for hydroxylation is 1. The van der Waals surface area contributed by atoms with Crippen LogP contribution in [0.2, 0.25) is 0 Å². The number of nitrogens with one attached hydrogen (secondary N) is 1. The predicted octanol–water partition coefficient (Wildman–Crippen LogP) is 3.18. The molecule has 2 aromatic rings. The Balaban J connectivity index is 1.53. The highest BCUT2D eigenvalue weighted by Gasteiger charge is 2.30. The van der Waals surface area contributed by atoms with E-state index >= 15 is 0 Å². The normalized spacial score (nSPS) is 21.1. The van der Waals surface area contributed by atoms with E-state index in [1.807, 2.05) is 11.8 Å². The summed E-state index contributed by atoms with van der Waals surface area (Å²) in [5.74, 6) is 0.439. The van der Waals surface area contributed by atoms with E-state index in [9.17, 15) is 13.9 Å². The molecule has 1 aromatic heterocycles. The third-order valence-electron chi connectivity index (χ3n) is 5.31. The van der Waals surface area contributed by atoms with E-state index in [1.165, 1.54) is 0 Å². The first-order valence-corrected chi connectivity index (χ1v) is 11.3. The fourth-order valence-electron chi connectivity index (χ4n) is 3.85. The summed E-state index contributed by atoms with van der Waals surface area (Å²) >= 11 is 0. The Hall–Kier alpha value is -2.82. The third kappa shape index (κ3) is 4.07. The van der Waals surface area contributed by atoms with Gasteiger partial charge in [0.1, 0.15) is 12.4 Å². The topological polar surface area (TPSA) is 133 Å². The van der Waals surface area contributed by atoms with E-state index in [4.69, 9.17) is 10.5 Å². The lowest BCUT2D eigenvalue weighted by molar-refractivity contribution is 0.0527. The maximum Gasteiger partial charge on any atom is 0.256 e. The molecule has 10 heteroatoms. The number of nitrogens with zero attached hydrogens (tertiary/aromatic N) is 3. The van der Waals surface area contributed by atoms with Crippen LogP contribution in [-0.2, 0) is 0 Å². The Morgan fingerprint density at radius 3 is 2.97 bits per heavy atom. The van der Waals surface area contributed by atoms with Crippen molar-refractivity contribution in [3.63, 3.8) is 0 Å². The van der Waals surface area contributed by atoms with Crippen molar-refractivity contribution < 1.29 is 18.6 Å². The van der Waals surface area contributed by atoms with Crippen LogP contribution >= 0.6 is 11.0 Å². The molecule has 1 atom stereocenters. The maximum atomic E-state index is 13.1. The fourth-order valence-corrected chi connectivity index (χ4v) is 4.72. The summed E-state index contributed by atoms with van der Waals surface area (Å²) in [7, 11) is -3.35. The fraction of sp³-hybridized carbons (Fsp3) is 0.350. The van der Waals surface area contributed by atoms with Gasteiger partial charge < -0.3 is 15.4 Å². The quantitative estimate of drug-likeness (QED) is 0.584. The minimum Gasteiger partial charge on any atom is -0.491 e. The van der Waals surface area contributed by atoms with Gasteiger partial charge in [0.25, 0.3) is 5.91 Å². The summed E-state index contributed by atoms with van der Waals surface area (Å²) in [5, 5.41) is 0. The molecule has 4 rings (SSSR count). The van der Waals surface area contributed by atoms with E-state index in [1.54, 1.807) is 36.5 Å². The van der Waals surface area contributed by atoms with Gasteiger partial charge in [-0.15, -0.1) is 4.40 Å². The highest BCUT2D eigenvalue weighted by molar-refractivity contribution is 8.24. The van der Waals surface area contributed by atoms with E-state index in [0.717, 1.165) is 19.3 Å². The highest BCUT2D eigenvalue weighted by Crippen LogP contribution is 2.46. The average Bonchev–Trinajstić information content (AvgIpc) is 2.71. The minimum absolute atomic E-state index is 0.00177. The zero-order chi connectivity index (χ0) is 21.3. The van der Waals surface area contributed by atoms with E-state index in [-0.39, 0.29) is 17.8 Å². The first-order chi connectivity index (χ1) is 14.4. The van der Waals surface area contributed by atoms with Crippen molar-refractivity contribution in [1.29, 1.82) is 0 Å². The number of fused-ring (bicyclic) bond motifs is 1. The van der Waals surface area contributed by atoms with Crippen LogP contribution in [-0.4, -0.2) is 49.9 Å². The van der Waals surface area contributed by atoms with Crippen molar-refractivity contribution in [2.75, 3.05) is 17.9 Å². The number of carbonyl (C=O) groups excluding carboxylic acids is 1. The second-order valence-electron chi connectivity index (χ2n) is 7.37. The lowest BCUT2D eigenvalue weighted by atomic mass is 10.0. The highest BCUT2D eigenvalue weighted by atomic mass is 32.3. The third-order valence-corrected chi connectivity index (χ3v) is 6.26. The molecule has 3 heterocycles. The number of amidine groups is 1. The number of rotatable bonds is 4. The number of hydrogen-bond acceptors (Lipinski definition) is 8. The molecule has 30 heavy (non-hydrogen) atoms. The molecule has 2 aliphatic rings. The Morgan fingerprint density at radius 2 is 2.17 bits per heavy atom. The summed E-state index contributed by atoms with van der Waals surface area (Å²) in [6.45, 7) is 2.80. The molecule has 1 fully saturated rings. The number of ether oxygens (including phenoxy) is 1. The zero-order valence-corrected chi connectivity index (χ0v) is 17.4. The monoisotopic (exact) mass is 431 g/mol. The van der Waals surface area contributed by atoms with Gasteiger partial charge in [-0.1, -0.05) is 6.07 Å². The van der Waals surface area contributed by atoms with Gasteiger partial charge in [-0.05, 0) is 61.4 Å². The van der Waals surface area contributed by atoms with Crippen molar-refractivity contribution in [2.24, 2.45) is 10.1 Å². The van der Waals surface area contributed by atoms with Crippen molar-refractivity contribution in [3.8, 4) is 5.75 Å². The Bertz CT molecular complexity index is 997. The standard InChI is InChI=1S/C20H25N5O4S/c1-13-15(7-5-10-22-13)20(26)25-11-3-2-6-14(25)12-29-17-9-4-8-16-18(17)19(21)24-30(27,28)23-16/h4-5,7-10,14,23,27-28H,2-3,6,11-12H2,1H3,(H2,21,24). The number of carbonyl (C=O) groups is 1. The number of amides is 1. The number of benzene rings is 1. The summed E-state index contributed by atoms with van der Waals surface area (Å²) in [5.41, 5.74) is 8.20. The van der Waals surface area contributed by atoms with Crippen LogP contribution in [0, 0.1) is 6.92 Å². The maximum absolute atomic E-state index is 13.1. The molecule has 5 N–H and O–H groups in total. The van der Waals surface area contributed by atoms with Gasteiger partial charge >= 0.3 is 0 Å². The average molecular weight is 432 g/mol. The number of nitrogens with two attached hydrogens (primary N) is 1. The van der Waals surface area contributed by atoms with Crippen LogP contribution in [0.5, 0.6) is 5.75 Å². The molecule has 0 saturated carbocycles. The molecule has 1 amide bonds. The summed E-state index contributed by atoms with van der Waals surface area (Å²) in [6.07, 6.45) is 4.48. The van der Waals surface area contributed by atoms with E-state index < -0.39 is 11.0 Å². The van der Waals surface area contributed by atoms with Crippen LogP contribution in [0.15, 0.2) is 40.9 Å². The summed E-state index contributed by atoms with van der Waals surface area (Å²) < 4.78 is 32.0. The van der Waals surface area contributed by atoms with Gasteiger partial charge in [0.15, 0.2) is 5.84 Å². The first-order valence-electron chi connectivity index (χ1n) is 9.76. The molecule has 160 valence electrons. The van der Waals surface area contributed by atoms with Crippen LogP contribution < -0.4 is 15.2 Å². The summed E-state index contributed by atoms with van der Waals surface area (Å²) in [4.78, 5) is 19.2. The van der Waals surface area contributed by atoms with Gasteiger partial charge in [0.2, 0.25) is 0 Å². The van der Waals surface area contributed by atoms with Gasteiger partial charge in [-0.3, -0.25) is 23.6 Å². The van der Waals surface area contributed by atoms with Crippen LogP contribution in [0.3, 0.4) is 0 Å². The molecule has 1 unspecified atom stereocenters. The number of anilines is 1. The minimum atomic E-state index is -3.35. The van der Waals surface area contributed by atoms with Gasteiger partial charge in [-0.2, -0.15) is 0 Å². The smallest absolute Gasteiger partial charge is 0.256 e. The SMILES string of the molecule is Cc1ncccc1C(=O)N1CCCCC1COc1cccc2c1C(N)=NS(O)(O)N2. The molecule has 0 aliphatic carbocycles. The summed E-state index contributed by atoms with van der Waals surface area (Å²) in [6, 6.07) is 8.65. The molecule has 1 saturated heterocycles. The van der Waals surface area contributed by atoms with Gasteiger partial charge in [0, 0.05) is 18.4 Å². The lowest BCUT2D eigenvalue weighted by Crippen LogP contribution is -2.47. The number of pyridine rings is 1. The molecule has 0 bridgehead atoms. The number of aromatic nitrogens is 1. The number of hydrogen-bond donors (Lipinski definition) is 4. The predicted molar refractivity (Wildman–Crippen MR) is 117 cm³/mol. The van der Waals surface area contributed by atoms with Gasteiger partial charge in [0.05, 0.1) is 22.9 Å². The van der Waals surface area contributed by atoms with Crippen molar-refractivity contribution in [2.45, 2.75) is 32.2 Å². The molecular formula is C20H25N5O4S. The van der Waals surface area contributed by atoms with Gasteiger partial charge in [-0.25, -0.2) is 0 Å². The van der Waals surface area contributed by atoms with E-state index in [2.05, 4.69) is 14.1 Å². The van der Waals surface area contributed by atoms with Crippen molar-refractivity contribution in [1.82, 2.24) is 9.88 Å². The molecule has 9 nitrogen and oxygen atoms in total. The molecule has 0 radical (unpaired) electrons. The largest absolute Gasteiger partial charge is 0.491 e. The molecule has 2 aliphatic heterocycles. The van der Waals surface area contributed by atoms with Crippen LogP contribution in [0.4, 0.5) is 5.69 Å². The lowest BCUT2D eigenvalue weighted by Gasteiger charge is -2.36. The van der Waals surface area contributed by atoms with Crippen molar-refractivity contribution in [3.05, 3.63) is 53.3 Å². The van der Waals surface area contributed by atoms with E-state index in [0.29, 0.717) is 41.4 Å². The number of piperidine rings is 1. The Morgan fingerprint density at radius 1 is 1.33 bits per heavy atom. The molecular weight excluding hydrogens is 406 g/mol. The van der Waals surface area contributed by atoms with Crippen LogP contribution in [0.25, 0.3) is 0 Å².